The average molecular weight is 283 g/mol. The third kappa shape index (κ3) is 3.64. The van der Waals surface area contributed by atoms with E-state index in [0.29, 0.717) is 17.9 Å². The van der Waals surface area contributed by atoms with Crippen LogP contribution < -0.4 is 0 Å². The zero-order chi connectivity index (χ0) is 15.0. The Balaban J connectivity index is 1.63. The van der Waals surface area contributed by atoms with E-state index in [1.165, 1.54) is 6.92 Å². The molecule has 114 valence electrons. The predicted octanol–water partition coefficient (Wildman–Crippen LogP) is 2.59. The van der Waals surface area contributed by atoms with Gasteiger partial charge in [0.1, 0.15) is 5.60 Å². The Morgan fingerprint density at radius 1 is 1.25 bits per heavy atom. The molecule has 1 heterocycles. The third-order valence-corrected chi connectivity index (χ3v) is 3.98. The number of ether oxygens (including phenoxy) is 2. The number of carbonyl (C=O) groups is 2. The first-order valence-corrected chi connectivity index (χ1v) is 7.30. The number of amides is 1. The van der Waals surface area contributed by atoms with Crippen LogP contribution in [-0.4, -0.2) is 42.3 Å². The van der Waals surface area contributed by atoms with Crippen molar-refractivity contribution in [3.05, 3.63) is 0 Å². The topological polar surface area (TPSA) is 55.8 Å². The van der Waals surface area contributed by atoms with E-state index in [0.717, 1.165) is 32.4 Å². The van der Waals surface area contributed by atoms with Gasteiger partial charge in [-0.2, -0.15) is 0 Å². The minimum absolute atomic E-state index is 0.202. The average Bonchev–Trinajstić information content (AvgIpc) is 2.14. The summed E-state index contributed by atoms with van der Waals surface area (Å²) in [6.07, 6.45) is 3.00. The zero-order valence-corrected chi connectivity index (χ0v) is 12.9. The number of rotatable bonds is 3. The fraction of sp³-hybridized carbons (Fsp3) is 0.867. The van der Waals surface area contributed by atoms with Crippen LogP contribution in [0.4, 0.5) is 4.79 Å². The Hall–Kier alpha value is -1.26. The molecule has 0 N–H and O–H groups in total. The molecule has 1 spiro atoms. The molecule has 2 fully saturated rings. The van der Waals surface area contributed by atoms with Crippen molar-refractivity contribution in [3.63, 3.8) is 0 Å². The van der Waals surface area contributed by atoms with Crippen LogP contribution >= 0.6 is 0 Å². The maximum Gasteiger partial charge on any atom is 0.410 e. The molecule has 0 unspecified atom stereocenters. The SMILES string of the molecule is CC(=O)OCCC1CC2(C1)CN(C(=O)OC(C)(C)C)C2. The Kier molecular flexibility index (Phi) is 3.98. The summed E-state index contributed by atoms with van der Waals surface area (Å²) in [4.78, 5) is 24.3. The second-order valence-electron chi connectivity index (χ2n) is 7.24. The van der Waals surface area contributed by atoms with Gasteiger partial charge >= 0.3 is 12.1 Å². The molecule has 5 heteroatoms. The van der Waals surface area contributed by atoms with Crippen LogP contribution in [0.2, 0.25) is 0 Å². The number of hydrogen-bond acceptors (Lipinski definition) is 4. The van der Waals surface area contributed by atoms with Gasteiger partial charge < -0.3 is 14.4 Å². The molecule has 20 heavy (non-hydrogen) atoms. The summed E-state index contributed by atoms with van der Waals surface area (Å²) < 4.78 is 10.3. The van der Waals surface area contributed by atoms with Crippen molar-refractivity contribution in [1.29, 1.82) is 0 Å². The molecular weight excluding hydrogens is 258 g/mol. The van der Waals surface area contributed by atoms with Crippen LogP contribution in [-0.2, 0) is 14.3 Å². The van der Waals surface area contributed by atoms with Crippen molar-refractivity contribution in [2.45, 2.75) is 52.6 Å². The molecule has 0 aromatic rings. The van der Waals surface area contributed by atoms with Crippen LogP contribution in [0.15, 0.2) is 0 Å². The van der Waals surface area contributed by atoms with Crippen molar-refractivity contribution in [2.24, 2.45) is 11.3 Å². The fourth-order valence-electron chi connectivity index (χ4n) is 3.22. The molecular formula is C15H25NO4. The molecule has 0 aromatic carbocycles. The van der Waals surface area contributed by atoms with Crippen molar-refractivity contribution in [3.8, 4) is 0 Å². The van der Waals surface area contributed by atoms with E-state index in [-0.39, 0.29) is 12.1 Å². The second-order valence-corrected chi connectivity index (χ2v) is 7.24. The van der Waals surface area contributed by atoms with Gasteiger partial charge in [0.05, 0.1) is 6.61 Å². The first-order valence-electron chi connectivity index (χ1n) is 7.30. The first-order chi connectivity index (χ1) is 9.19. The largest absolute Gasteiger partial charge is 0.466 e. The lowest BCUT2D eigenvalue weighted by Gasteiger charge is -2.58. The van der Waals surface area contributed by atoms with Crippen LogP contribution in [0, 0.1) is 11.3 Å². The van der Waals surface area contributed by atoms with Crippen LogP contribution in [0.1, 0.15) is 47.0 Å². The molecule has 1 aliphatic heterocycles. The number of nitrogens with zero attached hydrogens (tertiary/aromatic N) is 1. The lowest BCUT2D eigenvalue weighted by atomic mass is 9.57. The second kappa shape index (κ2) is 5.26. The highest BCUT2D eigenvalue weighted by atomic mass is 16.6. The maximum atomic E-state index is 11.8. The van der Waals surface area contributed by atoms with Gasteiger partial charge in [-0.25, -0.2) is 4.79 Å². The van der Waals surface area contributed by atoms with Gasteiger partial charge in [-0.15, -0.1) is 0 Å². The van der Waals surface area contributed by atoms with Crippen molar-refractivity contribution >= 4 is 12.1 Å². The summed E-state index contributed by atoms with van der Waals surface area (Å²) in [6.45, 7) is 9.23. The van der Waals surface area contributed by atoms with Gasteiger partial charge in [0.25, 0.3) is 0 Å². The number of hydrogen-bond donors (Lipinski definition) is 0. The van der Waals surface area contributed by atoms with Gasteiger partial charge in [-0.05, 0) is 46.0 Å². The Morgan fingerprint density at radius 3 is 2.35 bits per heavy atom. The van der Waals surface area contributed by atoms with E-state index >= 15 is 0 Å². The fourth-order valence-corrected chi connectivity index (χ4v) is 3.22. The molecule has 0 bridgehead atoms. The van der Waals surface area contributed by atoms with Crippen LogP contribution in [0.25, 0.3) is 0 Å². The van der Waals surface area contributed by atoms with Crippen LogP contribution in [0.5, 0.6) is 0 Å². The quantitative estimate of drug-likeness (QED) is 0.747. The van der Waals surface area contributed by atoms with E-state index in [1.807, 2.05) is 20.8 Å². The summed E-state index contributed by atoms with van der Waals surface area (Å²) >= 11 is 0. The maximum absolute atomic E-state index is 11.8. The molecule has 1 aliphatic carbocycles. The van der Waals surface area contributed by atoms with Gasteiger partial charge in [0.2, 0.25) is 0 Å². The summed E-state index contributed by atoms with van der Waals surface area (Å²) in [7, 11) is 0. The van der Waals surface area contributed by atoms with E-state index in [9.17, 15) is 9.59 Å². The highest BCUT2D eigenvalue weighted by Gasteiger charge is 2.53. The molecule has 0 aromatic heterocycles. The Bertz CT molecular complexity index is 385. The minimum atomic E-state index is -0.425. The summed E-state index contributed by atoms with van der Waals surface area (Å²) in [5.41, 5.74) is -0.107. The molecule has 0 atom stereocenters. The third-order valence-electron chi connectivity index (χ3n) is 3.98. The molecule has 1 saturated heterocycles. The summed E-state index contributed by atoms with van der Waals surface area (Å²) in [5.74, 6) is 0.425. The van der Waals surface area contributed by atoms with Gasteiger partial charge in [0, 0.05) is 25.4 Å². The lowest BCUT2D eigenvalue weighted by Crippen LogP contribution is -2.64. The van der Waals surface area contributed by atoms with E-state index in [1.54, 1.807) is 4.90 Å². The normalized spacial score (nSPS) is 21.1. The number of likely N-dealkylation sites (tertiary alicyclic amines) is 1. The highest BCUT2D eigenvalue weighted by Crippen LogP contribution is 2.53. The smallest absolute Gasteiger partial charge is 0.410 e. The standard InChI is InChI=1S/C15H25NO4/c1-11(17)19-6-5-12-7-15(8-12)9-16(10-15)13(18)20-14(2,3)4/h12H,5-10H2,1-4H3. The van der Waals surface area contributed by atoms with Gasteiger partial charge in [0.15, 0.2) is 0 Å². The molecule has 0 radical (unpaired) electrons. The molecule has 2 rings (SSSR count). The summed E-state index contributed by atoms with van der Waals surface area (Å²) in [6, 6.07) is 0. The monoisotopic (exact) mass is 283 g/mol. The minimum Gasteiger partial charge on any atom is -0.466 e. The molecule has 2 aliphatic rings. The summed E-state index contributed by atoms with van der Waals surface area (Å²) in [5, 5.41) is 0. The van der Waals surface area contributed by atoms with Gasteiger partial charge in [-0.1, -0.05) is 0 Å². The van der Waals surface area contributed by atoms with E-state index in [4.69, 9.17) is 9.47 Å². The zero-order valence-electron chi connectivity index (χ0n) is 12.9. The van der Waals surface area contributed by atoms with Gasteiger partial charge in [-0.3, -0.25) is 4.79 Å². The van der Waals surface area contributed by atoms with E-state index in [2.05, 4.69) is 0 Å². The Morgan fingerprint density at radius 2 is 1.85 bits per heavy atom. The van der Waals surface area contributed by atoms with Crippen molar-refractivity contribution in [2.75, 3.05) is 19.7 Å². The highest BCUT2D eigenvalue weighted by molar-refractivity contribution is 5.69. The van der Waals surface area contributed by atoms with E-state index < -0.39 is 5.60 Å². The van der Waals surface area contributed by atoms with Crippen molar-refractivity contribution < 1.29 is 19.1 Å². The molecule has 1 saturated carbocycles. The number of esters is 1. The van der Waals surface area contributed by atoms with Crippen molar-refractivity contribution in [1.82, 2.24) is 4.90 Å². The molecule has 5 nitrogen and oxygen atoms in total. The first kappa shape index (κ1) is 15.1. The lowest BCUT2D eigenvalue weighted by molar-refractivity contribution is -0.143. The van der Waals surface area contributed by atoms with Crippen LogP contribution in [0.3, 0.4) is 0 Å². The predicted molar refractivity (Wildman–Crippen MR) is 74.2 cm³/mol. The number of carbonyl (C=O) groups excluding carboxylic acids is 2. The molecule has 1 amide bonds. The Labute approximate surface area is 120 Å².